The Labute approximate surface area is 169 Å². The summed E-state index contributed by atoms with van der Waals surface area (Å²) in [4.78, 5) is 30.5. The van der Waals surface area contributed by atoms with Gasteiger partial charge in [-0.1, -0.05) is 18.2 Å². The number of aromatic amines is 1. The molecule has 0 unspecified atom stereocenters. The van der Waals surface area contributed by atoms with Crippen LogP contribution in [-0.2, 0) is 11.2 Å². The minimum atomic E-state index is -0.123. The van der Waals surface area contributed by atoms with E-state index in [0.717, 1.165) is 49.1 Å². The summed E-state index contributed by atoms with van der Waals surface area (Å²) in [5, 5.41) is 7.17. The van der Waals surface area contributed by atoms with Gasteiger partial charge in [0.15, 0.2) is 0 Å². The van der Waals surface area contributed by atoms with Gasteiger partial charge in [0, 0.05) is 35.8 Å². The Bertz CT molecular complexity index is 1090. The summed E-state index contributed by atoms with van der Waals surface area (Å²) in [7, 11) is 0. The first-order chi connectivity index (χ1) is 14.2. The Morgan fingerprint density at radius 2 is 2.07 bits per heavy atom. The topological polar surface area (TPSA) is 77.2 Å². The normalized spacial score (nSPS) is 18.1. The van der Waals surface area contributed by atoms with Crippen molar-refractivity contribution in [2.75, 3.05) is 23.3 Å². The Balaban J connectivity index is 1.27. The number of nitrogens with one attached hydrogen (secondary N) is 3. The fourth-order valence-corrected chi connectivity index (χ4v) is 4.49. The zero-order valence-electron chi connectivity index (χ0n) is 16.2. The minimum absolute atomic E-state index is 0.0362. The maximum atomic E-state index is 12.6. The summed E-state index contributed by atoms with van der Waals surface area (Å²) in [6, 6.07) is 13.7. The third kappa shape index (κ3) is 3.24. The Hall–Kier alpha value is -3.28. The molecule has 2 aliphatic rings. The van der Waals surface area contributed by atoms with Gasteiger partial charge in [-0.05, 0) is 55.5 Å². The van der Waals surface area contributed by atoms with Gasteiger partial charge in [0.1, 0.15) is 6.04 Å². The molecule has 2 aliphatic heterocycles. The molecule has 3 aromatic rings. The van der Waals surface area contributed by atoms with E-state index >= 15 is 0 Å². The maximum Gasteiger partial charge on any atom is 0.251 e. The number of amides is 2. The van der Waals surface area contributed by atoms with Crippen molar-refractivity contribution in [1.29, 1.82) is 0 Å². The maximum absolute atomic E-state index is 12.6. The molecule has 29 heavy (non-hydrogen) atoms. The predicted molar refractivity (Wildman–Crippen MR) is 114 cm³/mol. The van der Waals surface area contributed by atoms with Crippen molar-refractivity contribution >= 4 is 34.1 Å². The van der Waals surface area contributed by atoms with E-state index in [0.29, 0.717) is 12.1 Å². The lowest BCUT2D eigenvalue weighted by Gasteiger charge is -2.41. The molecular formula is C23H24N4O2. The fraction of sp³-hybridized carbons (Fsp3) is 0.304. The summed E-state index contributed by atoms with van der Waals surface area (Å²) >= 11 is 0. The molecule has 3 heterocycles. The number of rotatable bonds is 4. The molecule has 6 heteroatoms. The third-order valence-corrected chi connectivity index (χ3v) is 5.99. The summed E-state index contributed by atoms with van der Waals surface area (Å²) in [5.41, 5.74) is 4.62. The quantitative estimate of drug-likeness (QED) is 0.641. The van der Waals surface area contributed by atoms with Gasteiger partial charge < -0.3 is 20.5 Å². The third-order valence-electron chi connectivity index (χ3n) is 5.99. The first-order valence-electron chi connectivity index (χ1n) is 10.3. The van der Waals surface area contributed by atoms with Crippen molar-refractivity contribution < 1.29 is 9.59 Å². The van der Waals surface area contributed by atoms with Crippen LogP contribution >= 0.6 is 0 Å². The molecule has 1 fully saturated rings. The molecule has 3 N–H and O–H groups in total. The summed E-state index contributed by atoms with van der Waals surface area (Å²) in [6.07, 6.45) is 5.83. The van der Waals surface area contributed by atoms with Gasteiger partial charge in [-0.2, -0.15) is 0 Å². The number of H-pyrrole nitrogens is 1. The highest BCUT2D eigenvalue weighted by atomic mass is 16.2. The van der Waals surface area contributed by atoms with Crippen LogP contribution in [0.1, 0.15) is 35.2 Å². The Morgan fingerprint density at radius 1 is 1.17 bits per heavy atom. The van der Waals surface area contributed by atoms with E-state index in [1.165, 1.54) is 10.9 Å². The molecular weight excluding hydrogens is 364 g/mol. The number of piperidine rings is 1. The van der Waals surface area contributed by atoms with Crippen molar-refractivity contribution in [3.05, 3.63) is 59.8 Å². The second-order valence-electron chi connectivity index (χ2n) is 7.79. The van der Waals surface area contributed by atoms with E-state index in [-0.39, 0.29) is 17.9 Å². The zero-order valence-corrected chi connectivity index (χ0v) is 16.2. The van der Waals surface area contributed by atoms with Crippen LogP contribution in [0.5, 0.6) is 0 Å². The van der Waals surface area contributed by atoms with Gasteiger partial charge in [0.25, 0.3) is 5.91 Å². The van der Waals surface area contributed by atoms with E-state index in [4.69, 9.17) is 0 Å². The number of carbonyl (C=O) groups is 2. The number of hydrogen-bond donors (Lipinski definition) is 3. The Kier molecular flexibility index (Phi) is 4.46. The van der Waals surface area contributed by atoms with Crippen LogP contribution in [0.15, 0.2) is 48.7 Å². The van der Waals surface area contributed by atoms with Crippen LogP contribution < -0.4 is 15.5 Å². The minimum Gasteiger partial charge on any atom is -0.361 e. The van der Waals surface area contributed by atoms with Gasteiger partial charge in [-0.15, -0.1) is 0 Å². The van der Waals surface area contributed by atoms with Crippen LogP contribution in [0, 0.1) is 0 Å². The van der Waals surface area contributed by atoms with Gasteiger partial charge in [-0.3, -0.25) is 9.59 Å². The molecule has 2 aromatic carbocycles. The first-order valence-corrected chi connectivity index (χ1v) is 10.3. The number of para-hydroxylation sites is 1. The first kappa shape index (κ1) is 17.8. The molecule has 0 bridgehead atoms. The van der Waals surface area contributed by atoms with E-state index in [1.54, 1.807) is 6.07 Å². The number of fused-ring (bicyclic) bond motifs is 4. The highest BCUT2D eigenvalue weighted by molar-refractivity contribution is 6.05. The molecule has 1 aromatic heterocycles. The summed E-state index contributed by atoms with van der Waals surface area (Å²) in [5.74, 6) is -0.0863. The van der Waals surface area contributed by atoms with Gasteiger partial charge >= 0.3 is 0 Å². The van der Waals surface area contributed by atoms with Crippen molar-refractivity contribution in [1.82, 2.24) is 10.3 Å². The number of nitrogens with zero attached hydrogens (tertiary/aromatic N) is 1. The predicted octanol–water partition coefficient (Wildman–Crippen LogP) is 3.45. The standard InChI is InChI=1S/C23H24N4O2/c28-22(24-11-10-16-14-25-18-6-2-1-5-17(16)18)15-8-9-20-19(13-15)26-23(29)21-7-3-4-12-27(20)21/h1-2,5-6,8-9,13-14,21,25H,3-4,7,10-12H2,(H,24,28)(H,26,29)/t21-/m0/s1. The highest BCUT2D eigenvalue weighted by Crippen LogP contribution is 2.36. The molecule has 1 atom stereocenters. The highest BCUT2D eigenvalue weighted by Gasteiger charge is 2.34. The number of benzene rings is 2. The Morgan fingerprint density at radius 3 is 3.00 bits per heavy atom. The number of carbonyl (C=O) groups excluding carboxylic acids is 2. The van der Waals surface area contributed by atoms with Crippen molar-refractivity contribution in [2.24, 2.45) is 0 Å². The van der Waals surface area contributed by atoms with Crippen molar-refractivity contribution in [3.8, 4) is 0 Å². The lowest BCUT2D eigenvalue weighted by molar-refractivity contribution is -0.118. The monoisotopic (exact) mass is 388 g/mol. The number of aromatic nitrogens is 1. The fourth-order valence-electron chi connectivity index (χ4n) is 4.49. The summed E-state index contributed by atoms with van der Waals surface area (Å²) < 4.78 is 0. The lowest BCUT2D eigenvalue weighted by atomic mass is 9.97. The van der Waals surface area contributed by atoms with E-state index < -0.39 is 0 Å². The SMILES string of the molecule is O=C(NCCc1c[nH]c2ccccc12)c1ccc2c(c1)NC(=O)[C@@H]1CCCCN21. The molecule has 148 valence electrons. The molecule has 2 amide bonds. The molecule has 6 nitrogen and oxygen atoms in total. The number of hydrogen-bond acceptors (Lipinski definition) is 3. The van der Waals surface area contributed by atoms with Crippen LogP contribution in [0.25, 0.3) is 10.9 Å². The van der Waals surface area contributed by atoms with Crippen LogP contribution in [0.4, 0.5) is 11.4 Å². The molecule has 0 aliphatic carbocycles. The van der Waals surface area contributed by atoms with Gasteiger partial charge in [0.2, 0.25) is 5.91 Å². The molecule has 0 spiro atoms. The largest absolute Gasteiger partial charge is 0.361 e. The molecule has 1 saturated heterocycles. The molecule has 0 saturated carbocycles. The zero-order chi connectivity index (χ0) is 19.8. The second-order valence-corrected chi connectivity index (χ2v) is 7.79. The van der Waals surface area contributed by atoms with Crippen LogP contribution in [-0.4, -0.2) is 35.9 Å². The lowest BCUT2D eigenvalue weighted by Crippen LogP contribution is -2.50. The van der Waals surface area contributed by atoms with E-state index in [1.807, 2.05) is 36.5 Å². The van der Waals surface area contributed by atoms with E-state index in [9.17, 15) is 9.59 Å². The van der Waals surface area contributed by atoms with Crippen LogP contribution in [0.3, 0.4) is 0 Å². The van der Waals surface area contributed by atoms with Gasteiger partial charge in [-0.25, -0.2) is 0 Å². The molecule has 5 rings (SSSR count). The van der Waals surface area contributed by atoms with Crippen LogP contribution in [0.2, 0.25) is 0 Å². The van der Waals surface area contributed by atoms with Crippen molar-refractivity contribution in [2.45, 2.75) is 31.7 Å². The summed E-state index contributed by atoms with van der Waals surface area (Å²) in [6.45, 7) is 1.44. The second kappa shape index (κ2) is 7.28. The average Bonchev–Trinajstić information content (AvgIpc) is 3.17. The number of anilines is 2. The van der Waals surface area contributed by atoms with E-state index in [2.05, 4.69) is 26.6 Å². The van der Waals surface area contributed by atoms with Crippen molar-refractivity contribution in [3.63, 3.8) is 0 Å². The average molecular weight is 388 g/mol. The molecule has 0 radical (unpaired) electrons. The smallest absolute Gasteiger partial charge is 0.251 e. The van der Waals surface area contributed by atoms with Gasteiger partial charge in [0.05, 0.1) is 11.4 Å².